The third-order valence-electron chi connectivity index (χ3n) is 5.06. The quantitative estimate of drug-likeness (QED) is 0.593. The molecule has 1 amide bonds. The number of anilines is 1. The number of ether oxygens (including phenoxy) is 1. The Labute approximate surface area is 168 Å². The van der Waals surface area contributed by atoms with Crippen molar-refractivity contribution in [3.8, 4) is 0 Å². The van der Waals surface area contributed by atoms with E-state index in [-0.39, 0.29) is 24.9 Å². The maximum Gasteiger partial charge on any atom is 0.308 e. The summed E-state index contributed by atoms with van der Waals surface area (Å²) in [5.41, 5.74) is 1.08. The van der Waals surface area contributed by atoms with Crippen LogP contribution in [-0.4, -0.2) is 64.1 Å². The summed E-state index contributed by atoms with van der Waals surface area (Å²) in [4.78, 5) is 36.6. The topological polar surface area (TPSA) is 80.6 Å². The molecule has 1 fully saturated rings. The Morgan fingerprint density at radius 1 is 0.966 bits per heavy atom. The number of fused-ring (bicyclic) bond motifs is 1. The SMILES string of the molecule is O=C(CCn1ccc2ccccc21)OCC(=O)N1CCN(c2ncccn2)CC1. The number of nitrogens with zero attached hydrogens (tertiary/aromatic N) is 5. The van der Waals surface area contributed by atoms with Gasteiger partial charge in [0.25, 0.3) is 5.91 Å². The lowest BCUT2D eigenvalue weighted by molar-refractivity contribution is -0.152. The van der Waals surface area contributed by atoms with Crippen molar-refractivity contribution in [2.45, 2.75) is 13.0 Å². The number of carbonyl (C=O) groups is 2. The standard InChI is InChI=1S/C21H23N5O3/c27-19(25-12-14-26(15-13-25)21-22-8-3-9-23-21)16-29-20(28)7-11-24-10-6-17-4-1-2-5-18(17)24/h1-6,8-10H,7,11-16H2. The fourth-order valence-corrected chi connectivity index (χ4v) is 3.46. The van der Waals surface area contributed by atoms with Gasteiger partial charge in [0.15, 0.2) is 6.61 Å². The molecule has 4 rings (SSSR count). The Kier molecular flexibility index (Phi) is 5.69. The van der Waals surface area contributed by atoms with Crippen molar-refractivity contribution in [2.24, 2.45) is 0 Å². The molecule has 0 radical (unpaired) electrons. The summed E-state index contributed by atoms with van der Waals surface area (Å²) in [6.45, 7) is 2.74. The van der Waals surface area contributed by atoms with Gasteiger partial charge in [-0.3, -0.25) is 9.59 Å². The highest BCUT2D eigenvalue weighted by atomic mass is 16.5. The van der Waals surface area contributed by atoms with Crippen LogP contribution in [0.25, 0.3) is 10.9 Å². The molecule has 0 unspecified atom stereocenters. The van der Waals surface area contributed by atoms with E-state index in [1.807, 2.05) is 46.0 Å². The largest absolute Gasteiger partial charge is 0.456 e. The van der Waals surface area contributed by atoms with E-state index < -0.39 is 0 Å². The fourth-order valence-electron chi connectivity index (χ4n) is 3.46. The zero-order valence-corrected chi connectivity index (χ0v) is 16.1. The van der Waals surface area contributed by atoms with E-state index in [9.17, 15) is 9.59 Å². The van der Waals surface area contributed by atoms with Crippen LogP contribution in [0.3, 0.4) is 0 Å². The number of benzene rings is 1. The molecule has 150 valence electrons. The predicted octanol–water partition coefficient (Wildman–Crippen LogP) is 1.71. The average Bonchev–Trinajstić information content (AvgIpc) is 3.20. The first-order valence-corrected chi connectivity index (χ1v) is 9.70. The molecule has 1 aliphatic rings. The molecule has 0 N–H and O–H groups in total. The highest BCUT2D eigenvalue weighted by molar-refractivity contribution is 5.81. The van der Waals surface area contributed by atoms with E-state index in [4.69, 9.17) is 4.74 Å². The molecule has 8 heteroatoms. The Morgan fingerprint density at radius 2 is 1.72 bits per heavy atom. The van der Waals surface area contributed by atoms with Gasteiger partial charge in [-0.05, 0) is 23.6 Å². The Morgan fingerprint density at radius 3 is 2.52 bits per heavy atom. The van der Waals surface area contributed by atoms with E-state index in [2.05, 4.69) is 9.97 Å². The number of aryl methyl sites for hydroxylation is 1. The van der Waals surface area contributed by atoms with Crippen LogP contribution in [0.2, 0.25) is 0 Å². The second-order valence-electron chi connectivity index (χ2n) is 6.90. The summed E-state index contributed by atoms with van der Waals surface area (Å²) in [5, 5.41) is 1.14. The van der Waals surface area contributed by atoms with Gasteiger partial charge in [0, 0.05) is 56.8 Å². The zero-order valence-electron chi connectivity index (χ0n) is 16.1. The molecule has 0 atom stereocenters. The van der Waals surface area contributed by atoms with Crippen molar-refractivity contribution < 1.29 is 14.3 Å². The van der Waals surface area contributed by atoms with Gasteiger partial charge in [0.2, 0.25) is 5.95 Å². The number of esters is 1. The monoisotopic (exact) mass is 393 g/mol. The summed E-state index contributed by atoms with van der Waals surface area (Å²) >= 11 is 0. The molecule has 8 nitrogen and oxygen atoms in total. The Balaban J connectivity index is 1.20. The molecular weight excluding hydrogens is 370 g/mol. The van der Waals surface area contributed by atoms with E-state index in [1.54, 1.807) is 23.4 Å². The Hall–Kier alpha value is -3.42. The molecule has 0 saturated carbocycles. The van der Waals surface area contributed by atoms with E-state index in [0.29, 0.717) is 38.7 Å². The second kappa shape index (κ2) is 8.72. The Bertz CT molecular complexity index is 980. The molecule has 1 aliphatic heterocycles. The predicted molar refractivity (Wildman–Crippen MR) is 108 cm³/mol. The lowest BCUT2D eigenvalue weighted by Gasteiger charge is -2.34. The molecule has 1 saturated heterocycles. The molecule has 29 heavy (non-hydrogen) atoms. The lowest BCUT2D eigenvalue weighted by atomic mass is 10.2. The number of aromatic nitrogens is 3. The van der Waals surface area contributed by atoms with Gasteiger partial charge in [-0.1, -0.05) is 18.2 Å². The molecule has 0 bridgehead atoms. The van der Waals surface area contributed by atoms with Crippen molar-refractivity contribution in [2.75, 3.05) is 37.7 Å². The van der Waals surface area contributed by atoms with Crippen LogP contribution in [0.5, 0.6) is 0 Å². The van der Waals surface area contributed by atoms with Gasteiger partial charge >= 0.3 is 5.97 Å². The maximum atomic E-state index is 12.3. The highest BCUT2D eigenvalue weighted by Gasteiger charge is 2.23. The molecule has 0 aliphatic carbocycles. The first-order valence-electron chi connectivity index (χ1n) is 9.70. The van der Waals surface area contributed by atoms with Gasteiger partial charge in [-0.2, -0.15) is 0 Å². The average molecular weight is 393 g/mol. The van der Waals surface area contributed by atoms with E-state index in [0.717, 1.165) is 10.9 Å². The molecule has 3 heterocycles. The van der Waals surface area contributed by atoms with Gasteiger partial charge in [0.1, 0.15) is 0 Å². The van der Waals surface area contributed by atoms with E-state index in [1.165, 1.54) is 0 Å². The summed E-state index contributed by atoms with van der Waals surface area (Å²) in [6, 6.07) is 11.8. The van der Waals surface area contributed by atoms with Crippen LogP contribution in [0.1, 0.15) is 6.42 Å². The number of piperazine rings is 1. The summed E-state index contributed by atoms with van der Waals surface area (Å²) in [7, 11) is 0. The van der Waals surface area contributed by atoms with Crippen LogP contribution in [0, 0.1) is 0 Å². The summed E-state index contributed by atoms with van der Waals surface area (Å²) in [5.74, 6) is 0.134. The first-order chi connectivity index (χ1) is 14.2. The first kappa shape index (κ1) is 18.9. The van der Waals surface area contributed by atoms with Crippen LogP contribution in [0.15, 0.2) is 55.0 Å². The lowest BCUT2D eigenvalue weighted by Crippen LogP contribution is -2.50. The van der Waals surface area contributed by atoms with Crippen molar-refractivity contribution >= 4 is 28.7 Å². The fraction of sp³-hybridized carbons (Fsp3) is 0.333. The van der Waals surface area contributed by atoms with Crippen molar-refractivity contribution in [3.63, 3.8) is 0 Å². The number of rotatable bonds is 6. The number of carbonyl (C=O) groups excluding carboxylic acids is 2. The molecule has 3 aromatic rings. The minimum absolute atomic E-state index is 0.168. The summed E-state index contributed by atoms with van der Waals surface area (Å²) < 4.78 is 7.21. The maximum absolute atomic E-state index is 12.3. The minimum Gasteiger partial charge on any atom is -0.456 e. The minimum atomic E-state index is -0.368. The smallest absolute Gasteiger partial charge is 0.308 e. The zero-order chi connectivity index (χ0) is 20.1. The number of hydrogen-bond acceptors (Lipinski definition) is 6. The number of hydrogen-bond donors (Lipinski definition) is 0. The van der Waals surface area contributed by atoms with Crippen LogP contribution in [0.4, 0.5) is 5.95 Å². The van der Waals surface area contributed by atoms with E-state index >= 15 is 0 Å². The third-order valence-corrected chi connectivity index (χ3v) is 5.06. The van der Waals surface area contributed by atoms with Gasteiger partial charge in [0.05, 0.1) is 6.42 Å². The summed E-state index contributed by atoms with van der Waals surface area (Å²) in [6.07, 6.45) is 5.59. The van der Waals surface area contributed by atoms with Crippen molar-refractivity contribution in [1.82, 2.24) is 19.4 Å². The van der Waals surface area contributed by atoms with Crippen molar-refractivity contribution in [3.05, 3.63) is 55.0 Å². The van der Waals surface area contributed by atoms with Crippen LogP contribution in [-0.2, 0) is 20.9 Å². The van der Waals surface area contributed by atoms with Crippen LogP contribution < -0.4 is 4.90 Å². The van der Waals surface area contributed by atoms with Gasteiger partial charge in [-0.15, -0.1) is 0 Å². The normalized spacial score (nSPS) is 14.2. The van der Waals surface area contributed by atoms with Gasteiger partial charge < -0.3 is 19.1 Å². The number of para-hydroxylation sites is 1. The van der Waals surface area contributed by atoms with Gasteiger partial charge in [-0.25, -0.2) is 9.97 Å². The molecular formula is C21H23N5O3. The highest BCUT2D eigenvalue weighted by Crippen LogP contribution is 2.15. The second-order valence-corrected chi connectivity index (χ2v) is 6.90. The molecule has 2 aromatic heterocycles. The van der Waals surface area contributed by atoms with Crippen LogP contribution >= 0.6 is 0 Å². The molecule has 0 spiro atoms. The third kappa shape index (κ3) is 4.53. The van der Waals surface area contributed by atoms with Crippen molar-refractivity contribution in [1.29, 1.82) is 0 Å². The number of amides is 1. The molecule has 1 aromatic carbocycles.